The van der Waals surface area contributed by atoms with Gasteiger partial charge in [0.2, 0.25) is 0 Å². The Morgan fingerprint density at radius 2 is 2.11 bits per heavy atom. The van der Waals surface area contributed by atoms with Crippen molar-refractivity contribution in [2.75, 3.05) is 19.8 Å². The number of nitrogens with one attached hydrogen (secondary N) is 1. The van der Waals surface area contributed by atoms with Crippen molar-refractivity contribution in [1.82, 2.24) is 20.1 Å². The van der Waals surface area contributed by atoms with Gasteiger partial charge in [-0.05, 0) is 32.2 Å². The summed E-state index contributed by atoms with van der Waals surface area (Å²) in [4.78, 5) is 0. The minimum atomic E-state index is 0.821. The Hall–Kier alpha value is -0.940. The maximum absolute atomic E-state index is 5.53. The smallest absolute Gasteiger partial charge is 0.147 e. The largest absolute Gasteiger partial charge is 0.381 e. The highest BCUT2D eigenvalue weighted by Gasteiger charge is 2.14. The second-order valence-electron chi connectivity index (χ2n) is 5.14. The van der Waals surface area contributed by atoms with Crippen LogP contribution in [-0.4, -0.2) is 34.5 Å². The maximum atomic E-state index is 5.53. The molecular weight excluding hydrogens is 240 g/mol. The standard InChI is InChI=1S/C14H26N4O/c1-2-3-10-19-11-6-8-15-12-14-17-16-13-7-4-5-9-18(13)14/h15H,2-12H2,1H3. The molecule has 0 saturated heterocycles. The Morgan fingerprint density at radius 1 is 1.21 bits per heavy atom. The lowest BCUT2D eigenvalue weighted by atomic mass is 10.2. The topological polar surface area (TPSA) is 52.0 Å². The molecule has 2 rings (SSSR count). The van der Waals surface area contributed by atoms with Gasteiger partial charge in [0.25, 0.3) is 0 Å². The van der Waals surface area contributed by atoms with Crippen molar-refractivity contribution in [3.63, 3.8) is 0 Å². The summed E-state index contributed by atoms with van der Waals surface area (Å²) in [5, 5.41) is 12.0. The molecule has 0 bridgehead atoms. The van der Waals surface area contributed by atoms with Crippen LogP contribution in [0.4, 0.5) is 0 Å². The average Bonchev–Trinajstić information content (AvgIpc) is 2.85. The van der Waals surface area contributed by atoms with Gasteiger partial charge in [-0.2, -0.15) is 0 Å². The van der Waals surface area contributed by atoms with Gasteiger partial charge in [-0.1, -0.05) is 13.3 Å². The van der Waals surface area contributed by atoms with Gasteiger partial charge in [-0.3, -0.25) is 0 Å². The van der Waals surface area contributed by atoms with Crippen molar-refractivity contribution >= 4 is 0 Å². The lowest BCUT2D eigenvalue weighted by molar-refractivity contribution is 0.128. The maximum Gasteiger partial charge on any atom is 0.147 e. The van der Waals surface area contributed by atoms with Crippen LogP contribution in [-0.2, 0) is 24.2 Å². The molecule has 1 aromatic rings. The molecule has 0 aliphatic carbocycles. The second kappa shape index (κ2) is 8.27. The summed E-state index contributed by atoms with van der Waals surface area (Å²) in [7, 11) is 0. The van der Waals surface area contributed by atoms with Crippen molar-refractivity contribution in [1.29, 1.82) is 0 Å². The van der Waals surface area contributed by atoms with Gasteiger partial charge in [0.05, 0.1) is 6.54 Å². The zero-order valence-corrected chi connectivity index (χ0v) is 12.0. The van der Waals surface area contributed by atoms with E-state index in [1.54, 1.807) is 0 Å². The number of fused-ring (bicyclic) bond motifs is 1. The van der Waals surface area contributed by atoms with Crippen molar-refractivity contribution < 1.29 is 4.74 Å². The van der Waals surface area contributed by atoms with Gasteiger partial charge in [-0.25, -0.2) is 0 Å². The van der Waals surface area contributed by atoms with E-state index in [9.17, 15) is 0 Å². The summed E-state index contributed by atoms with van der Waals surface area (Å²) in [6.45, 7) is 6.82. The van der Waals surface area contributed by atoms with Crippen LogP contribution in [0.2, 0.25) is 0 Å². The van der Waals surface area contributed by atoms with Crippen LogP contribution in [0.25, 0.3) is 0 Å². The van der Waals surface area contributed by atoms with E-state index in [2.05, 4.69) is 27.0 Å². The van der Waals surface area contributed by atoms with Gasteiger partial charge in [0.15, 0.2) is 0 Å². The van der Waals surface area contributed by atoms with Gasteiger partial charge < -0.3 is 14.6 Å². The molecule has 1 aromatic heterocycles. The minimum absolute atomic E-state index is 0.821. The van der Waals surface area contributed by atoms with Crippen molar-refractivity contribution in [2.24, 2.45) is 0 Å². The summed E-state index contributed by atoms with van der Waals surface area (Å²) in [5.74, 6) is 2.24. The normalized spacial score (nSPS) is 14.6. The fraction of sp³-hybridized carbons (Fsp3) is 0.857. The average molecular weight is 266 g/mol. The fourth-order valence-electron chi connectivity index (χ4n) is 2.35. The summed E-state index contributed by atoms with van der Waals surface area (Å²) in [5.41, 5.74) is 0. The van der Waals surface area contributed by atoms with Gasteiger partial charge >= 0.3 is 0 Å². The molecule has 0 aromatic carbocycles. The zero-order chi connectivity index (χ0) is 13.3. The second-order valence-corrected chi connectivity index (χ2v) is 5.14. The molecule has 5 nitrogen and oxygen atoms in total. The highest BCUT2D eigenvalue weighted by Crippen LogP contribution is 2.13. The van der Waals surface area contributed by atoms with Crippen molar-refractivity contribution in [3.05, 3.63) is 11.6 Å². The van der Waals surface area contributed by atoms with E-state index in [1.807, 2.05) is 0 Å². The summed E-state index contributed by atoms with van der Waals surface area (Å²) >= 11 is 0. The Kier molecular flexibility index (Phi) is 6.30. The molecular formula is C14H26N4O. The first-order valence-corrected chi connectivity index (χ1v) is 7.61. The van der Waals surface area contributed by atoms with Gasteiger partial charge in [-0.15, -0.1) is 10.2 Å². The number of aromatic nitrogens is 3. The SMILES string of the molecule is CCCCOCCCNCc1nnc2n1CCCC2. The molecule has 19 heavy (non-hydrogen) atoms. The molecule has 5 heteroatoms. The van der Waals surface area contributed by atoms with Crippen LogP contribution >= 0.6 is 0 Å². The van der Waals surface area contributed by atoms with Crippen LogP contribution in [0.15, 0.2) is 0 Å². The van der Waals surface area contributed by atoms with Gasteiger partial charge in [0, 0.05) is 26.2 Å². The molecule has 0 amide bonds. The molecule has 0 spiro atoms. The van der Waals surface area contributed by atoms with Gasteiger partial charge in [0.1, 0.15) is 11.6 Å². The highest BCUT2D eigenvalue weighted by molar-refractivity contribution is 4.98. The third-order valence-corrected chi connectivity index (χ3v) is 3.50. The number of aryl methyl sites for hydroxylation is 1. The molecule has 1 aliphatic rings. The van der Waals surface area contributed by atoms with E-state index in [4.69, 9.17) is 4.74 Å². The first-order chi connectivity index (χ1) is 9.42. The van der Waals surface area contributed by atoms with Crippen molar-refractivity contribution in [3.8, 4) is 0 Å². The zero-order valence-electron chi connectivity index (χ0n) is 12.0. The van der Waals surface area contributed by atoms with Crippen LogP contribution in [0.5, 0.6) is 0 Å². The number of hydrogen-bond acceptors (Lipinski definition) is 4. The van der Waals surface area contributed by atoms with Crippen LogP contribution in [0.3, 0.4) is 0 Å². The van der Waals surface area contributed by atoms with Crippen LogP contribution < -0.4 is 5.32 Å². The number of ether oxygens (including phenoxy) is 1. The van der Waals surface area contributed by atoms with E-state index in [0.717, 1.165) is 57.3 Å². The molecule has 108 valence electrons. The van der Waals surface area contributed by atoms with Crippen LogP contribution in [0, 0.1) is 0 Å². The lowest BCUT2D eigenvalue weighted by Gasteiger charge is -2.14. The first kappa shape index (κ1) is 14.5. The highest BCUT2D eigenvalue weighted by atomic mass is 16.5. The third kappa shape index (κ3) is 4.58. The molecule has 0 radical (unpaired) electrons. The molecule has 0 saturated carbocycles. The Labute approximate surface area is 115 Å². The Morgan fingerprint density at radius 3 is 3.00 bits per heavy atom. The number of nitrogens with zero attached hydrogens (tertiary/aromatic N) is 3. The van der Waals surface area contributed by atoms with Crippen LogP contribution in [0.1, 0.15) is 50.7 Å². The molecule has 1 N–H and O–H groups in total. The number of unbranched alkanes of at least 4 members (excludes halogenated alkanes) is 1. The van der Waals surface area contributed by atoms with E-state index < -0.39 is 0 Å². The fourth-order valence-corrected chi connectivity index (χ4v) is 2.35. The number of hydrogen-bond donors (Lipinski definition) is 1. The van der Waals surface area contributed by atoms with E-state index in [0.29, 0.717) is 0 Å². The quantitative estimate of drug-likeness (QED) is 0.694. The van der Waals surface area contributed by atoms with E-state index >= 15 is 0 Å². The Bertz CT molecular complexity index is 364. The van der Waals surface area contributed by atoms with Crippen molar-refractivity contribution in [2.45, 2.75) is 58.5 Å². The monoisotopic (exact) mass is 266 g/mol. The predicted octanol–water partition coefficient (Wildman–Crippen LogP) is 1.91. The predicted molar refractivity (Wildman–Crippen MR) is 75.0 cm³/mol. The van der Waals surface area contributed by atoms with E-state index in [-0.39, 0.29) is 0 Å². The third-order valence-electron chi connectivity index (χ3n) is 3.50. The summed E-state index contributed by atoms with van der Waals surface area (Å²) in [6, 6.07) is 0. The van der Waals surface area contributed by atoms with E-state index in [1.165, 1.54) is 25.7 Å². The molecule has 2 heterocycles. The summed E-state index contributed by atoms with van der Waals surface area (Å²) in [6.07, 6.45) is 7.02. The molecule has 1 aliphatic heterocycles. The summed E-state index contributed by atoms with van der Waals surface area (Å²) < 4.78 is 7.80. The molecule has 0 fully saturated rings. The number of rotatable bonds is 9. The minimum Gasteiger partial charge on any atom is -0.381 e. The lowest BCUT2D eigenvalue weighted by Crippen LogP contribution is -2.21. The molecule has 0 unspecified atom stereocenters. The first-order valence-electron chi connectivity index (χ1n) is 7.61. The Balaban J connectivity index is 1.57. The molecule has 0 atom stereocenters.